The van der Waals surface area contributed by atoms with Crippen LogP contribution in [-0.4, -0.2) is 35.0 Å². The summed E-state index contributed by atoms with van der Waals surface area (Å²) in [4.78, 5) is 11.2. The topological polar surface area (TPSA) is 66.8 Å². The van der Waals surface area contributed by atoms with Gasteiger partial charge in [-0.15, -0.1) is 0 Å². The summed E-state index contributed by atoms with van der Waals surface area (Å²) in [6.45, 7) is 1.33. The van der Waals surface area contributed by atoms with Crippen molar-refractivity contribution >= 4 is 21.9 Å². The predicted octanol–water partition coefficient (Wildman–Crippen LogP) is 1.84. The lowest BCUT2D eigenvalue weighted by molar-refractivity contribution is -0.164. The Morgan fingerprint density at radius 3 is 2.47 bits per heavy atom. The van der Waals surface area contributed by atoms with E-state index in [9.17, 15) is 4.79 Å². The second kappa shape index (κ2) is 6.14. The maximum Gasteiger partial charge on any atom is 0.336 e. The first-order chi connectivity index (χ1) is 7.98. The third-order valence-corrected chi connectivity index (χ3v) is 2.95. The molecule has 1 aromatic carbocycles. The molecule has 0 radical (unpaired) electrons. The van der Waals surface area contributed by atoms with Crippen LogP contribution in [0.5, 0.6) is 0 Å². The van der Waals surface area contributed by atoms with Gasteiger partial charge in [0.2, 0.25) is 0 Å². The lowest BCUT2D eigenvalue weighted by Gasteiger charge is -2.25. The number of aliphatic carboxylic acids is 1. The summed E-state index contributed by atoms with van der Waals surface area (Å²) in [6, 6.07) is 7.38. The van der Waals surface area contributed by atoms with Crippen molar-refractivity contribution in [2.45, 2.75) is 18.9 Å². The molecule has 1 aromatic rings. The van der Waals surface area contributed by atoms with Gasteiger partial charge in [0.1, 0.15) is 0 Å². The van der Waals surface area contributed by atoms with E-state index in [0.29, 0.717) is 0 Å². The van der Waals surface area contributed by atoms with Gasteiger partial charge in [-0.3, -0.25) is 0 Å². The van der Waals surface area contributed by atoms with Crippen molar-refractivity contribution in [3.8, 4) is 0 Å². The van der Waals surface area contributed by atoms with Gasteiger partial charge in [0.25, 0.3) is 0 Å². The monoisotopic (exact) mass is 302 g/mol. The van der Waals surface area contributed by atoms with Crippen molar-refractivity contribution in [3.05, 3.63) is 34.3 Å². The highest BCUT2D eigenvalue weighted by atomic mass is 79.9. The van der Waals surface area contributed by atoms with Gasteiger partial charge in [0.15, 0.2) is 5.60 Å². The van der Waals surface area contributed by atoms with Crippen LogP contribution in [0, 0.1) is 0 Å². The zero-order valence-electron chi connectivity index (χ0n) is 9.52. The first-order valence-electron chi connectivity index (χ1n) is 5.20. The number of carboxylic acid groups (broad SMARTS) is 1. The molecule has 1 unspecified atom stereocenters. The Bertz CT molecular complexity index is 377. The minimum atomic E-state index is -1.31. The molecule has 0 bridgehead atoms. The summed E-state index contributed by atoms with van der Waals surface area (Å²) >= 11 is 3.32. The van der Waals surface area contributed by atoms with Crippen molar-refractivity contribution < 1.29 is 19.7 Å². The van der Waals surface area contributed by atoms with Gasteiger partial charge in [-0.1, -0.05) is 28.1 Å². The maximum absolute atomic E-state index is 11.2. The van der Waals surface area contributed by atoms with Gasteiger partial charge < -0.3 is 14.9 Å². The Hall–Kier alpha value is -0.910. The third-order valence-electron chi connectivity index (χ3n) is 2.42. The average molecular weight is 303 g/mol. The quantitative estimate of drug-likeness (QED) is 0.841. The molecule has 0 aromatic heterocycles. The number of aliphatic hydroxyl groups excluding tert-OH is 1. The molecule has 94 valence electrons. The Morgan fingerprint density at radius 1 is 1.41 bits per heavy atom. The fourth-order valence-corrected chi connectivity index (χ4v) is 1.72. The van der Waals surface area contributed by atoms with E-state index in [4.69, 9.17) is 14.9 Å². The molecule has 5 heteroatoms. The normalized spacial score (nSPS) is 14.3. The van der Waals surface area contributed by atoms with Crippen molar-refractivity contribution in [3.63, 3.8) is 0 Å². The number of carboxylic acids is 1. The van der Waals surface area contributed by atoms with E-state index in [1.807, 2.05) is 24.3 Å². The first kappa shape index (κ1) is 14.2. The molecule has 17 heavy (non-hydrogen) atoms. The van der Waals surface area contributed by atoms with Crippen LogP contribution in [0.3, 0.4) is 0 Å². The molecule has 1 atom stereocenters. The van der Waals surface area contributed by atoms with Gasteiger partial charge in [-0.25, -0.2) is 4.79 Å². The molecule has 0 aliphatic rings. The second-order valence-corrected chi connectivity index (χ2v) is 4.83. The maximum atomic E-state index is 11.2. The Labute approximate surface area is 108 Å². The highest BCUT2D eigenvalue weighted by Gasteiger charge is 2.34. The molecule has 0 saturated carbocycles. The fourth-order valence-electron chi connectivity index (χ4n) is 1.45. The number of carbonyl (C=O) groups is 1. The van der Waals surface area contributed by atoms with Crippen molar-refractivity contribution in [1.29, 1.82) is 0 Å². The molecule has 0 aliphatic carbocycles. The molecule has 2 N–H and O–H groups in total. The van der Waals surface area contributed by atoms with Crippen LogP contribution in [0.2, 0.25) is 0 Å². The largest absolute Gasteiger partial charge is 0.479 e. The molecule has 0 saturated heterocycles. The van der Waals surface area contributed by atoms with Gasteiger partial charge in [0.05, 0.1) is 13.2 Å². The number of rotatable bonds is 6. The minimum Gasteiger partial charge on any atom is -0.479 e. The Kier molecular flexibility index (Phi) is 5.11. The van der Waals surface area contributed by atoms with Crippen LogP contribution < -0.4 is 0 Å². The van der Waals surface area contributed by atoms with E-state index >= 15 is 0 Å². The second-order valence-electron chi connectivity index (χ2n) is 3.91. The lowest BCUT2D eigenvalue weighted by atomic mass is 9.96. The number of ether oxygens (including phenoxy) is 1. The minimum absolute atomic E-state index is 0.0132. The lowest BCUT2D eigenvalue weighted by Crippen LogP contribution is -2.41. The standard InChI is InChI=1S/C12H15BrO4/c1-12(11(15)16,17-7-6-14)8-9-2-4-10(13)5-3-9/h2-5,14H,6-8H2,1H3,(H,15,16). The van der Waals surface area contributed by atoms with Crippen LogP contribution in [0.15, 0.2) is 28.7 Å². The molecule has 0 heterocycles. The van der Waals surface area contributed by atoms with Crippen LogP contribution >= 0.6 is 15.9 Å². The molecule has 1 rings (SSSR count). The van der Waals surface area contributed by atoms with Crippen LogP contribution in [0.4, 0.5) is 0 Å². The summed E-state index contributed by atoms with van der Waals surface area (Å²) in [6.07, 6.45) is 0.260. The SMILES string of the molecule is CC(Cc1ccc(Br)cc1)(OCCO)C(=O)O. The molecule has 0 spiro atoms. The van der Waals surface area contributed by atoms with Gasteiger partial charge >= 0.3 is 5.97 Å². The molecule has 4 nitrogen and oxygen atoms in total. The summed E-state index contributed by atoms with van der Waals surface area (Å²) in [5.74, 6) is -1.03. The Morgan fingerprint density at radius 2 is 2.00 bits per heavy atom. The molecular weight excluding hydrogens is 288 g/mol. The smallest absolute Gasteiger partial charge is 0.336 e. The number of hydrogen-bond donors (Lipinski definition) is 2. The number of hydrogen-bond acceptors (Lipinski definition) is 3. The van der Waals surface area contributed by atoms with Crippen molar-refractivity contribution in [1.82, 2.24) is 0 Å². The summed E-state index contributed by atoms with van der Waals surface area (Å²) in [5, 5.41) is 17.8. The van der Waals surface area contributed by atoms with E-state index in [1.54, 1.807) is 0 Å². The highest BCUT2D eigenvalue weighted by Crippen LogP contribution is 2.20. The zero-order chi connectivity index (χ0) is 12.9. The number of benzene rings is 1. The van der Waals surface area contributed by atoms with E-state index < -0.39 is 11.6 Å². The summed E-state index contributed by atoms with van der Waals surface area (Å²) in [5.41, 5.74) is -0.438. The number of aliphatic hydroxyl groups is 1. The highest BCUT2D eigenvalue weighted by molar-refractivity contribution is 9.10. The zero-order valence-corrected chi connectivity index (χ0v) is 11.1. The van der Waals surface area contributed by atoms with Gasteiger partial charge in [-0.05, 0) is 24.6 Å². The van der Waals surface area contributed by atoms with Gasteiger partial charge in [0, 0.05) is 10.9 Å². The summed E-state index contributed by atoms with van der Waals surface area (Å²) in [7, 11) is 0. The molecule has 0 aliphatic heterocycles. The number of halogens is 1. The Balaban J connectivity index is 2.79. The third kappa shape index (κ3) is 4.11. The van der Waals surface area contributed by atoms with E-state index in [1.165, 1.54) is 6.92 Å². The summed E-state index contributed by atoms with van der Waals surface area (Å²) < 4.78 is 6.15. The van der Waals surface area contributed by atoms with Crippen LogP contribution in [0.1, 0.15) is 12.5 Å². The molecular formula is C12H15BrO4. The van der Waals surface area contributed by atoms with Crippen molar-refractivity contribution in [2.24, 2.45) is 0 Å². The van der Waals surface area contributed by atoms with Crippen LogP contribution in [-0.2, 0) is 16.0 Å². The van der Waals surface area contributed by atoms with E-state index in [2.05, 4.69) is 15.9 Å². The van der Waals surface area contributed by atoms with Crippen molar-refractivity contribution in [2.75, 3.05) is 13.2 Å². The fraction of sp³-hybridized carbons (Fsp3) is 0.417. The average Bonchev–Trinajstić information content (AvgIpc) is 2.29. The van der Waals surface area contributed by atoms with E-state index in [-0.39, 0.29) is 19.6 Å². The van der Waals surface area contributed by atoms with Crippen LogP contribution in [0.25, 0.3) is 0 Å². The van der Waals surface area contributed by atoms with Gasteiger partial charge in [-0.2, -0.15) is 0 Å². The predicted molar refractivity (Wildman–Crippen MR) is 66.9 cm³/mol. The molecule has 0 fully saturated rings. The molecule has 0 amide bonds. The van der Waals surface area contributed by atoms with E-state index in [0.717, 1.165) is 10.0 Å². The first-order valence-corrected chi connectivity index (χ1v) is 6.00.